The van der Waals surface area contributed by atoms with Gasteiger partial charge in [-0.05, 0) is 30.7 Å². The number of ether oxygens (including phenoxy) is 2. The molecular formula is C17H21NO4. The van der Waals surface area contributed by atoms with Crippen LogP contribution in [0.25, 0.3) is 0 Å². The first-order chi connectivity index (χ1) is 10.6. The first-order valence-corrected chi connectivity index (χ1v) is 7.31. The van der Waals surface area contributed by atoms with Crippen molar-refractivity contribution < 1.29 is 19.0 Å². The van der Waals surface area contributed by atoms with E-state index < -0.39 is 6.10 Å². The highest BCUT2D eigenvalue weighted by Gasteiger charge is 2.30. The Kier molecular flexibility index (Phi) is 4.09. The maximum Gasteiger partial charge on any atom is 0.125 e. The number of aryl methyl sites for hydroxylation is 1. The van der Waals surface area contributed by atoms with Crippen molar-refractivity contribution in [3.8, 4) is 11.5 Å². The van der Waals surface area contributed by atoms with Crippen LogP contribution >= 0.6 is 0 Å². The zero-order chi connectivity index (χ0) is 15.7. The van der Waals surface area contributed by atoms with E-state index in [2.05, 4.69) is 4.90 Å². The third-order valence-electron chi connectivity index (χ3n) is 4.20. The largest absolute Gasteiger partial charge is 0.496 e. The Hall–Kier alpha value is -1.98. The lowest BCUT2D eigenvalue weighted by molar-refractivity contribution is 0.0802. The number of fused-ring (bicyclic) bond motifs is 1. The van der Waals surface area contributed by atoms with Gasteiger partial charge in [-0.1, -0.05) is 0 Å². The van der Waals surface area contributed by atoms with Crippen LogP contribution in [0.4, 0.5) is 0 Å². The molecule has 1 aromatic carbocycles. The molecule has 5 nitrogen and oxygen atoms in total. The van der Waals surface area contributed by atoms with Gasteiger partial charge in [0, 0.05) is 24.2 Å². The second kappa shape index (κ2) is 6.02. The smallest absolute Gasteiger partial charge is 0.125 e. The van der Waals surface area contributed by atoms with Crippen molar-refractivity contribution in [2.24, 2.45) is 0 Å². The molecule has 0 amide bonds. The molecule has 0 aliphatic carbocycles. The molecule has 0 spiro atoms. The minimum Gasteiger partial charge on any atom is -0.496 e. The summed E-state index contributed by atoms with van der Waals surface area (Å²) in [7, 11) is 3.26. The number of methoxy groups -OCH3 is 2. The molecule has 0 saturated carbocycles. The summed E-state index contributed by atoms with van der Waals surface area (Å²) in [4.78, 5) is 2.15. The predicted molar refractivity (Wildman–Crippen MR) is 82.1 cm³/mol. The van der Waals surface area contributed by atoms with Gasteiger partial charge in [-0.15, -0.1) is 0 Å². The first kappa shape index (κ1) is 14.9. The summed E-state index contributed by atoms with van der Waals surface area (Å²) < 4.78 is 16.4. The fraction of sp³-hybridized carbons (Fsp3) is 0.412. The summed E-state index contributed by atoms with van der Waals surface area (Å²) in [5.74, 6) is 2.41. The topological polar surface area (TPSA) is 55.1 Å². The summed E-state index contributed by atoms with van der Waals surface area (Å²) in [6.07, 6.45) is 1.09. The van der Waals surface area contributed by atoms with E-state index in [-0.39, 0.29) is 0 Å². The van der Waals surface area contributed by atoms with E-state index in [9.17, 15) is 5.11 Å². The van der Waals surface area contributed by atoms with Gasteiger partial charge in [0.25, 0.3) is 0 Å². The maximum absolute atomic E-state index is 10.6. The molecule has 118 valence electrons. The molecule has 1 N–H and O–H groups in total. The molecule has 2 heterocycles. The third kappa shape index (κ3) is 2.58. The number of nitrogens with zero attached hydrogens (tertiary/aromatic N) is 1. The van der Waals surface area contributed by atoms with Gasteiger partial charge in [-0.2, -0.15) is 0 Å². The summed E-state index contributed by atoms with van der Waals surface area (Å²) in [5, 5.41) is 10.6. The Bertz CT molecular complexity index is 665. The zero-order valence-electron chi connectivity index (χ0n) is 13.1. The summed E-state index contributed by atoms with van der Waals surface area (Å²) in [6, 6.07) is 5.67. The van der Waals surface area contributed by atoms with Crippen LogP contribution in [-0.4, -0.2) is 30.8 Å². The van der Waals surface area contributed by atoms with Crippen molar-refractivity contribution in [2.45, 2.75) is 26.1 Å². The molecule has 1 aromatic heterocycles. The van der Waals surface area contributed by atoms with Gasteiger partial charge < -0.3 is 19.0 Å². The van der Waals surface area contributed by atoms with Gasteiger partial charge in [0.1, 0.15) is 17.3 Å². The van der Waals surface area contributed by atoms with E-state index in [1.54, 1.807) is 20.5 Å². The molecule has 22 heavy (non-hydrogen) atoms. The normalized spacial score (nSPS) is 18.1. The number of furan rings is 1. The maximum atomic E-state index is 10.6. The highest BCUT2D eigenvalue weighted by Crippen LogP contribution is 2.39. The first-order valence-electron chi connectivity index (χ1n) is 7.31. The number of aliphatic hydroxyl groups is 1. The van der Waals surface area contributed by atoms with Crippen molar-refractivity contribution in [2.75, 3.05) is 20.8 Å². The number of aliphatic hydroxyl groups excluding tert-OH is 1. The van der Waals surface area contributed by atoms with E-state index in [1.807, 2.05) is 25.1 Å². The fourth-order valence-electron chi connectivity index (χ4n) is 3.03. The van der Waals surface area contributed by atoms with Crippen LogP contribution in [0.2, 0.25) is 0 Å². The Morgan fingerprint density at radius 1 is 1.23 bits per heavy atom. The number of β-amino-alcohol motifs (C(OH)–C–C–N with tert-alkyl or cyclic N) is 1. The predicted octanol–water partition coefficient (Wildman–Crippen LogP) is 2.65. The van der Waals surface area contributed by atoms with Crippen LogP contribution in [0.15, 0.2) is 28.9 Å². The fourth-order valence-corrected chi connectivity index (χ4v) is 3.03. The van der Waals surface area contributed by atoms with Gasteiger partial charge in [-0.25, -0.2) is 0 Å². The molecule has 0 radical (unpaired) electrons. The molecule has 1 aliphatic rings. The van der Waals surface area contributed by atoms with Crippen LogP contribution in [0, 0.1) is 6.92 Å². The molecule has 1 atom stereocenters. The van der Waals surface area contributed by atoms with Gasteiger partial charge in [0.15, 0.2) is 0 Å². The average molecular weight is 303 g/mol. The van der Waals surface area contributed by atoms with E-state index in [4.69, 9.17) is 13.9 Å². The lowest BCUT2D eigenvalue weighted by atomic mass is 9.95. The summed E-state index contributed by atoms with van der Waals surface area (Å²) >= 11 is 0. The van der Waals surface area contributed by atoms with Crippen LogP contribution in [0.1, 0.15) is 28.6 Å². The number of hydrogen-bond donors (Lipinski definition) is 1. The molecular weight excluding hydrogens is 282 g/mol. The van der Waals surface area contributed by atoms with Crippen molar-refractivity contribution in [3.05, 3.63) is 46.9 Å². The molecule has 0 saturated heterocycles. The molecule has 3 rings (SSSR count). The Balaban J connectivity index is 1.92. The lowest BCUT2D eigenvalue weighted by Crippen LogP contribution is -2.33. The zero-order valence-corrected chi connectivity index (χ0v) is 13.1. The van der Waals surface area contributed by atoms with Crippen molar-refractivity contribution in [1.29, 1.82) is 0 Å². The monoisotopic (exact) mass is 303 g/mol. The number of benzene rings is 1. The van der Waals surface area contributed by atoms with E-state index >= 15 is 0 Å². The van der Waals surface area contributed by atoms with E-state index in [0.29, 0.717) is 25.4 Å². The molecule has 0 fully saturated rings. The average Bonchev–Trinajstić information content (AvgIpc) is 2.91. The van der Waals surface area contributed by atoms with Crippen LogP contribution in [0.5, 0.6) is 11.5 Å². The van der Waals surface area contributed by atoms with Crippen molar-refractivity contribution in [1.82, 2.24) is 4.90 Å². The standard InChI is InChI=1S/C17H21NO4/c1-11-6-7-22-16(11)10-18-8-12-14(20-2)4-5-15(21-3)17(12)13(19)9-18/h4-7,13,19H,8-10H2,1-3H3. The van der Waals surface area contributed by atoms with Gasteiger partial charge >= 0.3 is 0 Å². The Labute approximate surface area is 130 Å². The minimum absolute atomic E-state index is 0.538. The molecule has 2 aromatic rings. The third-order valence-corrected chi connectivity index (χ3v) is 4.20. The molecule has 5 heteroatoms. The number of rotatable bonds is 4. The lowest BCUT2D eigenvalue weighted by Gasteiger charge is -2.33. The molecule has 1 unspecified atom stereocenters. The van der Waals surface area contributed by atoms with Gasteiger partial charge in [0.2, 0.25) is 0 Å². The van der Waals surface area contributed by atoms with Gasteiger partial charge in [-0.3, -0.25) is 4.90 Å². The van der Waals surface area contributed by atoms with Crippen LogP contribution in [-0.2, 0) is 13.1 Å². The summed E-state index contributed by atoms with van der Waals surface area (Å²) in [5.41, 5.74) is 2.93. The van der Waals surface area contributed by atoms with Gasteiger partial charge in [0.05, 0.1) is 33.1 Å². The summed E-state index contributed by atoms with van der Waals surface area (Å²) in [6.45, 7) is 3.91. The van der Waals surface area contributed by atoms with E-state index in [1.165, 1.54) is 0 Å². The molecule has 1 aliphatic heterocycles. The minimum atomic E-state index is -0.607. The Morgan fingerprint density at radius 2 is 1.95 bits per heavy atom. The molecule has 0 bridgehead atoms. The quantitative estimate of drug-likeness (QED) is 0.941. The van der Waals surface area contributed by atoms with Crippen LogP contribution in [0.3, 0.4) is 0 Å². The SMILES string of the molecule is COc1ccc(OC)c2c1CN(Cc1occc1C)CC2O. The highest BCUT2D eigenvalue weighted by molar-refractivity contribution is 5.51. The van der Waals surface area contributed by atoms with Crippen LogP contribution < -0.4 is 9.47 Å². The highest BCUT2D eigenvalue weighted by atomic mass is 16.5. The number of hydrogen-bond acceptors (Lipinski definition) is 5. The Morgan fingerprint density at radius 3 is 2.59 bits per heavy atom. The van der Waals surface area contributed by atoms with E-state index in [0.717, 1.165) is 28.2 Å². The van der Waals surface area contributed by atoms with Crippen molar-refractivity contribution >= 4 is 0 Å². The second-order valence-corrected chi connectivity index (χ2v) is 5.57. The van der Waals surface area contributed by atoms with Crippen molar-refractivity contribution in [3.63, 3.8) is 0 Å². The second-order valence-electron chi connectivity index (χ2n) is 5.57.